The van der Waals surface area contributed by atoms with Crippen molar-refractivity contribution in [1.82, 2.24) is 20.1 Å². The number of rotatable bonds is 6. The van der Waals surface area contributed by atoms with Crippen molar-refractivity contribution in [3.8, 4) is 5.75 Å². The standard InChI is InChI=1S/C14H27N5O2/c1-5-19-12(11(20-4)10-16-19)13(17-15)14(2,3)18-6-8-21-9-7-18/h10,13,17H,5-9,15H2,1-4H3. The van der Waals surface area contributed by atoms with Gasteiger partial charge in [0.2, 0.25) is 0 Å². The highest BCUT2D eigenvalue weighted by Gasteiger charge is 2.40. The van der Waals surface area contributed by atoms with E-state index in [1.165, 1.54) is 0 Å². The summed E-state index contributed by atoms with van der Waals surface area (Å²) < 4.78 is 12.9. The molecule has 2 rings (SSSR count). The normalized spacial score (nSPS) is 18.7. The number of ether oxygens (including phenoxy) is 2. The average Bonchev–Trinajstić information content (AvgIpc) is 2.91. The summed E-state index contributed by atoms with van der Waals surface area (Å²) in [4.78, 5) is 2.40. The highest BCUT2D eigenvalue weighted by atomic mass is 16.5. The Morgan fingerprint density at radius 2 is 2.14 bits per heavy atom. The summed E-state index contributed by atoms with van der Waals surface area (Å²) in [7, 11) is 1.66. The summed E-state index contributed by atoms with van der Waals surface area (Å²) in [6.45, 7) is 10.5. The van der Waals surface area contributed by atoms with E-state index in [-0.39, 0.29) is 11.6 Å². The molecule has 7 heteroatoms. The molecule has 1 saturated heterocycles. The van der Waals surface area contributed by atoms with E-state index in [1.807, 2.05) is 4.68 Å². The van der Waals surface area contributed by atoms with Gasteiger partial charge in [-0.15, -0.1) is 0 Å². The monoisotopic (exact) mass is 297 g/mol. The second-order valence-electron chi connectivity index (χ2n) is 5.77. The minimum atomic E-state index is -0.182. The van der Waals surface area contributed by atoms with E-state index in [1.54, 1.807) is 13.3 Å². The van der Waals surface area contributed by atoms with Crippen LogP contribution in [0.5, 0.6) is 5.75 Å². The maximum atomic E-state index is 5.90. The molecule has 0 saturated carbocycles. The lowest BCUT2D eigenvalue weighted by Gasteiger charge is -2.45. The Morgan fingerprint density at radius 1 is 1.48 bits per heavy atom. The zero-order chi connectivity index (χ0) is 15.5. The molecule has 0 aliphatic carbocycles. The van der Waals surface area contributed by atoms with E-state index in [0.717, 1.165) is 44.3 Å². The lowest BCUT2D eigenvalue weighted by molar-refractivity contribution is -0.0251. The zero-order valence-corrected chi connectivity index (χ0v) is 13.4. The van der Waals surface area contributed by atoms with Crippen molar-refractivity contribution in [3.05, 3.63) is 11.9 Å². The largest absolute Gasteiger partial charge is 0.493 e. The van der Waals surface area contributed by atoms with Gasteiger partial charge >= 0.3 is 0 Å². The van der Waals surface area contributed by atoms with Crippen LogP contribution < -0.4 is 16.0 Å². The van der Waals surface area contributed by atoms with Gasteiger partial charge in [0.25, 0.3) is 0 Å². The van der Waals surface area contributed by atoms with Gasteiger partial charge in [-0.1, -0.05) is 0 Å². The summed E-state index contributed by atoms with van der Waals surface area (Å²) >= 11 is 0. The van der Waals surface area contributed by atoms with E-state index >= 15 is 0 Å². The molecule has 1 aliphatic heterocycles. The quantitative estimate of drug-likeness (QED) is 0.589. The highest BCUT2D eigenvalue weighted by molar-refractivity contribution is 5.31. The first-order chi connectivity index (χ1) is 10.1. The molecule has 0 amide bonds. The second kappa shape index (κ2) is 6.74. The summed E-state index contributed by atoms with van der Waals surface area (Å²) in [5, 5.41) is 4.39. The van der Waals surface area contributed by atoms with Crippen LogP contribution in [0.4, 0.5) is 0 Å². The molecule has 1 aromatic rings. The summed E-state index contributed by atoms with van der Waals surface area (Å²) in [6.07, 6.45) is 1.75. The van der Waals surface area contributed by atoms with Crippen LogP contribution in [0.15, 0.2) is 6.20 Å². The van der Waals surface area contributed by atoms with Gasteiger partial charge in [-0.05, 0) is 20.8 Å². The lowest BCUT2D eigenvalue weighted by atomic mass is 9.89. The van der Waals surface area contributed by atoms with E-state index < -0.39 is 0 Å². The topological polar surface area (TPSA) is 77.6 Å². The first-order valence-electron chi connectivity index (χ1n) is 7.44. The Hall–Kier alpha value is -1.15. The van der Waals surface area contributed by atoms with Crippen LogP contribution in [0.25, 0.3) is 0 Å². The first-order valence-corrected chi connectivity index (χ1v) is 7.44. The fourth-order valence-electron chi connectivity index (χ4n) is 3.02. The van der Waals surface area contributed by atoms with Crippen molar-refractivity contribution >= 4 is 0 Å². The van der Waals surface area contributed by atoms with Gasteiger partial charge in [-0.3, -0.25) is 15.4 Å². The number of nitrogens with two attached hydrogens (primary N) is 1. The Balaban J connectivity index is 2.35. The SMILES string of the molecule is CCn1ncc(OC)c1C(NN)C(C)(C)N1CCOCC1. The smallest absolute Gasteiger partial charge is 0.161 e. The predicted octanol–water partition coefficient (Wildman–Crippen LogP) is 0.527. The maximum absolute atomic E-state index is 5.90. The molecule has 0 aromatic carbocycles. The minimum Gasteiger partial charge on any atom is -0.493 e. The molecular formula is C14H27N5O2. The predicted molar refractivity (Wildman–Crippen MR) is 81.0 cm³/mol. The van der Waals surface area contributed by atoms with Crippen molar-refractivity contribution in [1.29, 1.82) is 0 Å². The number of hydrogen-bond acceptors (Lipinski definition) is 6. The number of nitrogens with one attached hydrogen (secondary N) is 1. The summed E-state index contributed by atoms with van der Waals surface area (Å²) in [6, 6.07) is -0.0898. The Morgan fingerprint density at radius 3 is 2.67 bits per heavy atom. The maximum Gasteiger partial charge on any atom is 0.161 e. The van der Waals surface area contributed by atoms with Crippen LogP contribution >= 0.6 is 0 Å². The molecule has 0 spiro atoms. The molecule has 120 valence electrons. The number of hydrazine groups is 1. The molecule has 1 aromatic heterocycles. The van der Waals surface area contributed by atoms with E-state index in [2.05, 4.69) is 36.2 Å². The highest BCUT2D eigenvalue weighted by Crippen LogP contribution is 2.35. The third kappa shape index (κ3) is 3.06. The lowest BCUT2D eigenvalue weighted by Crippen LogP contribution is -2.57. The van der Waals surface area contributed by atoms with Crippen LogP contribution in [0.1, 0.15) is 32.5 Å². The van der Waals surface area contributed by atoms with Crippen molar-refractivity contribution in [3.63, 3.8) is 0 Å². The third-order valence-corrected chi connectivity index (χ3v) is 4.34. The Bertz CT molecular complexity index is 433. The molecule has 1 unspecified atom stereocenters. The number of aromatic nitrogens is 2. The number of aryl methyl sites for hydroxylation is 1. The van der Waals surface area contributed by atoms with Crippen molar-refractivity contribution < 1.29 is 9.47 Å². The van der Waals surface area contributed by atoms with Crippen LogP contribution in [-0.2, 0) is 11.3 Å². The molecule has 0 bridgehead atoms. The molecule has 1 atom stereocenters. The number of methoxy groups -OCH3 is 1. The fourth-order valence-corrected chi connectivity index (χ4v) is 3.02. The molecule has 1 fully saturated rings. The average molecular weight is 297 g/mol. The molecule has 2 heterocycles. The Labute approximate surface area is 126 Å². The van der Waals surface area contributed by atoms with Gasteiger partial charge in [0, 0.05) is 25.2 Å². The van der Waals surface area contributed by atoms with Gasteiger partial charge in [0.1, 0.15) is 5.69 Å². The van der Waals surface area contributed by atoms with Gasteiger partial charge in [-0.2, -0.15) is 5.10 Å². The molecule has 3 N–H and O–H groups in total. The molecule has 21 heavy (non-hydrogen) atoms. The number of hydrogen-bond donors (Lipinski definition) is 2. The van der Waals surface area contributed by atoms with Crippen LogP contribution in [0.2, 0.25) is 0 Å². The summed E-state index contributed by atoms with van der Waals surface area (Å²) in [5.41, 5.74) is 3.77. The van der Waals surface area contributed by atoms with Crippen LogP contribution in [0, 0.1) is 0 Å². The van der Waals surface area contributed by atoms with E-state index in [9.17, 15) is 0 Å². The van der Waals surface area contributed by atoms with Gasteiger partial charge in [0.15, 0.2) is 5.75 Å². The van der Waals surface area contributed by atoms with Crippen LogP contribution in [0.3, 0.4) is 0 Å². The number of morpholine rings is 1. The van der Waals surface area contributed by atoms with Gasteiger partial charge in [0.05, 0.1) is 32.6 Å². The molecule has 7 nitrogen and oxygen atoms in total. The van der Waals surface area contributed by atoms with Gasteiger partial charge < -0.3 is 9.47 Å². The third-order valence-electron chi connectivity index (χ3n) is 4.34. The van der Waals surface area contributed by atoms with E-state index in [4.69, 9.17) is 15.3 Å². The fraction of sp³-hybridized carbons (Fsp3) is 0.786. The van der Waals surface area contributed by atoms with Gasteiger partial charge in [-0.25, -0.2) is 5.43 Å². The first kappa shape index (κ1) is 16.2. The number of nitrogens with zero attached hydrogens (tertiary/aromatic N) is 3. The Kier molecular flexibility index (Phi) is 5.21. The summed E-state index contributed by atoms with van der Waals surface area (Å²) in [5.74, 6) is 6.66. The van der Waals surface area contributed by atoms with Crippen LogP contribution in [-0.4, -0.2) is 53.6 Å². The van der Waals surface area contributed by atoms with Crippen molar-refractivity contribution in [2.24, 2.45) is 5.84 Å². The second-order valence-corrected chi connectivity index (χ2v) is 5.77. The van der Waals surface area contributed by atoms with Crippen molar-refractivity contribution in [2.75, 3.05) is 33.4 Å². The molecule has 0 radical (unpaired) electrons. The zero-order valence-electron chi connectivity index (χ0n) is 13.4. The minimum absolute atomic E-state index is 0.0898. The molecular weight excluding hydrogens is 270 g/mol. The van der Waals surface area contributed by atoms with Crippen molar-refractivity contribution in [2.45, 2.75) is 38.9 Å². The molecule has 1 aliphatic rings. The van der Waals surface area contributed by atoms with E-state index in [0.29, 0.717) is 0 Å².